The van der Waals surface area contributed by atoms with E-state index in [4.69, 9.17) is 10.8 Å². The van der Waals surface area contributed by atoms with Crippen LogP contribution in [0.4, 0.5) is 15.8 Å². The fourth-order valence-corrected chi connectivity index (χ4v) is 2.43. The smallest absolute Gasteiger partial charge is 0.238 e. The predicted octanol–water partition coefficient (Wildman–Crippen LogP) is 1.58. The summed E-state index contributed by atoms with van der Waals surface area (Å²) in [6.07, 6.45) is 3.99. The molecule has 0 saturated heterocycles. The lowest BCUT2D eigenvalue weighted by atomic mass is 9.91. The van der Waals surface area contributed by atoms with Crippen molar-refractivity contribution in [1.29, 1.82) is 0 Å². The highest BCUT2D eigenvalue weighted by atomic mass is 19.1. The van der Waals surface area contributed by atoms with Crippen molar-refractivity contribution in [2.24, 2.45) is 0 Å². The Morgan fingerprint density at radius 2 is 2.24 bits per heavy atom. The summed E-state index contributed by atoms with van der Waals surface area (Å²) in [5.74, 6) is -0.646. The first-order valence-electron chi connectivity index (χ1n) is 7.30. The Kier molecular flexibility index (Phi) is 5.52. The normalized spacial score (nSPS) is 15.0. The number of halogens is 1. The zero-order valence-corrected chi connectivity index (χ0v) is 12.0. The molecule has 0 heterocycles. The van der Waals surface area contributed by atoms with Crippen molar-refractivity contribution in [2.45, 2.75) is 31.7 Å². The highest BCUT2D eigenvalue weighted by molar-refractivity contribution is 5.95. The number of hydrogen-bond donors (Lipinski definition) is 3. The van der Waals surface area contributed by atoms with Crippen LogP contribution in [-0.2, 0) is 4.79 Å². The molecule has 0 atom stereocenters. The van der Waals surface area contributed by atoms with Gasteiger partial charge < -0.3 is 16.2 Å². The molecule has 0 spiro atoms. The van der Waals surface area contributed by atoms with Gasteiger partial charge in [0.15, 0.2) is 0 Å². The van der Waals surface area contributed by atoms with Gasteiger partial charge in [0.2, 0.25) is 5.91 Å². The molecule has 4 N–H and O–H groups in total. The fourth-order valence-electron chi connectivity index (χ4n) is 2.43. The minimum absolute atomic E-state index is 0.113. The standard InChI is InChI=1S/C15H22FN3O2/c16-11-5-6-13(17)14(9-11)18-15(21)10-19(7-2-8-20)12-3-1-4-12/h5-6,9,12,20H,1-4,7-8,10,17H2,(H,18,21). The van der Waals surface area contributed by atoms with Gasteiger partial charge in [-0.1, -0.05) is 6.42 Å². The van der Waals surface area contributed by atoms with E-state index in [-0.39, 0.29) is 19.1 Å². The van der Waals surface area contributed by atoms with Crippen LogP contribution in [0, 0.1) is 5.82 Å². The van der Waals surface area contributed by atoms with Gasteiger partial charge in [-0.15, -0.1) is 0 Å². The van der Waals surface area contributed by atoms with E-state index in [1.807, 2.05) is 0 Å². The molecule has 21 heavy (non-hydrogen) atoms. The van der Waals surface area contributed by atoms with E-state index in [0.29, 0.717) is 30.4 Å². The molecule has 6 heteroatoms. The molecule has 2 rings (SSSR count). The van der Waals surface area contributed by atoms with Crippen LogP contribution in [0.3, 0.4) is 0 Å². The van der Waals surface area contributed by atoms with Gasteiger partial charge in [-0.05, 0) is 37.5 Å². The lowest BCUT2D eigenvalue weighted by molar-refractivity contribution is -0.118. The first kappa shape index (κ1) is 15.7. The van der Waals surface area contributed by atoms with Crippen molar-refractivity contribution in [3.8, 4) is 0 Å². The Morgan fingerprint density at radius 1 is 1.48 bits per heavy atom. The van der Waals surface area contributed by atoms with E-state index in [0.717, 1.165) is 12.8 Å². The summed E-state index contributed by atoms with van der Waals surface area (Å²) in [6.45, 7) is 1.04. The molecule has 1 aromatic carbocycles. The molecule has 1 aromatic rings. The zero-order chi connectivity index (χ0) is 15.2. The number of carbonyl (C=O) groups excluding carboxylic acids is 1. The number of hydrogen-bond acceptors (Lipinski definition) is 4. The van der Waals surface area contributed by atoms with E-state index < -0.39 is 5.82 Å². The highest BCUT2D eigenvalue weighted by Crippen LogP contribution is 2.25. The topological polar surface area (TPSA) is 78.6 Å². The summed E-state index contributed by atoms with van der Waals surface area (Å²) in [4.78, 5) is 14.2. The quantitative estimate of drug-likeness (QED) is 0.667. The van der Waals surface area contributed by atoms with Crippen LogP contribution < -0.4 is 11.1 Å². The van der Waals surface area contributed by atoms with Crippen molar-refractivity contribution < 1.29 is 14.3 Å². The maximum absolute atomic E-state index is 13.2. The van der Waals surface area contributed by atoms with Crippen LogP contribution >= 0.6 is 0 Å². The second-order valence-corrected chi connectivity index (χ2v) is 5.41. The molecule has 0 aromatic heterocycles. The van der Waals surface area contributed by atoms with E-state index in [1.54, 1.807) is 0 Å². The van der Waals surface area contributed by atoms with Gasteiger partial charge in [0.25, 0.3) is 0 Å². The number of benzene rings is 1. The maximum atomic E-state index is 13.2. The van der Waals surface area contributed by atoms with Gasteiger partial charge in [0.1, 0.15) is 5.82 Å². The largest absolute Gasteiger partial charge is 0.397 e. The Morgan fingerprint density at radius 3 is 2.86 bits per heavy atom. The minimum Gasteiger partial charge on any atom is -0.397 e. The summed E-state index contributed by atoms with van der Waals surface area (Å²) in [5.41, 5.74) is 6.36. The van der Waals surface area contributed by atoms with Crippen molar-refractivity contribution in [2.75, 3.05) is 30.7 Å². The number of aliphatic hydroxyl groups is 1. The Labute approximate surface area is 123 Å². The molecule has 1 saturated carbocycles. The van der Waals surface area contributed by atoms with Gasteiger partial charge in [0, 0.05) is 19.2 Å². The van der Waals surface area contributed by atoms with E-state index in [2.05, 4.69) is 10.2 Å². The van der Waals surface area contributed by atoms with Gasteiger partial charge in [0.05, 0.1) is 17.9 Å². The number of aliphatic hydroxyl groups excluding tert-OH is 1. The lowest BCUT2D eigenvalue weighted by Crippen LogP contribution is -2.45. The third kappa shape index (κ3) is 4.41. The molecular formula is C15H22FN3O2. The van der Waals surface area contributed by atoms with E-state index in [1.165, 1.54) is 24.6 Å². The molecule has 0 bridgehead atoms. The number of nitrogens with two attached hydrogens (primary N) is 1. The zero-order valence-electron chi connectivity index (χ0n) is 12.0. The van der Waals surface area contributed by atoms with Crippen LogP contribution in [0.25, 0.3) is 0 Å². The summed E-state index contributed by atoms with van der Waals surface area (Å²) in [6, 6.07) is 4.31. The van der Waals surface area contributed by atoms with Crippen molar-refractivity contribution in [3.05, 3.63) is 24.0 Å². The molecule has 1 amide bonds. The molecule has 116 valence electrons. The number of nitrogens with zero attached hydrogens (tertiary/aromatic N) is 1. The summed E-state index contributed by atoms with van der Waals surface area (Å²) >= 11 is 0. The molecule has 0 aliphatic heterocycles. The summed E-state index contributed by atoms with van der Waals surface area (Å²) in [7, 11) is 0. The molecule has 1 aliphatic rings. The molecular weight excluding hydrogens is 273 g/mol. The van der Waals surface area contributed by atoms with Crippen molar-refractivity contribution in [3.63, 3.8) is 0 Å². The van der Waals surface area contributed by atoms with Gasteiger partial charge in [-0.2, -0.15) is 0 Å². The van der Waals surface area contributed by atoms with Gasteiger partial charge in [-0.25, -0.2) is 4.39 Å². The third-order valence-electron chi connectivity index (χ3n) is 3.83. The van der Waals surface area contributed by atoms with Crippen LogP contribution in [0.15, 0.2) is 18.2 Å². The Balaban J connectivity index is 1.93. The second-order valence-electron chi connectivity index (χ2n) is 5.41. The van der Waals surface area contributed by atoms with Crippen molar-refractivity contribution >= 4 is 17.3 Å². The van der Waals surface area contributed by atoms with Crippen molar-refractivity contribution in [1.82, 2.24) is 4.90 Å². The number of anilines is 2. The highest BCUT2D eigenvalue weighted by Gasteiger charge is 2.26. The van der Waals surface area contributed by atoms with Crippen LogP contribution in [0.1, 0.15) is 25.7 Å². The lowest BCUT2D eigenvalue weighted by Gasteiger charge is -2.37. The maximum Gasteiger partial charge on any atom is 0.238 e. The molecule has 1 aliphatic carbocycles. The van der Waals surface area contributed by atoms with E-state index in [9.17, 15) is 9.18 Å². The predicted molar refractivity (Wildman–Crippen MR) is 80.4 cm³/mol. The number of rotatable bonds is 7. The number of nitrogen functional groups attached to an aromatic ring is 1. The fraction of sp³-hybridized carbons (Fsp3) is 0.533. The van der Waals surface area contributed by atoms with Crippen LogP contribution in [-0.4, -0.2) is 41.7 Å². The second kappa shape index (κ2) is 7.38. The molecule has 0 radical (unpaired) electrons. The Hall–Kier alpha value is -1.66. The monoisotopic (exact) mass is 295 g/mol. The molecule has 0 unspecified atom stereocenters. The van der Waals surface area contributed by atoms with Gasteiger partial charge >= 0.3 is 0 Å². The van der Waals surface area contributed by atoms with E-state index >= 15 is 0 Å². The Bertz CT molecular complexity index is 492. The first-order chi connectivity index (χ1) is 10.1. The number of amides is 1. The number of nitrogens with one attached hydrogen (secondary N) is 1. The van der Waals surface area contributed by atoms with Crippen LogP contribution in [0.5, 0.6) is 0 Å². The summed E-state index contributed by atoms with van der Waals surface area (Å²) < 4.78 is 13.2. The average Bonchev–Trinajstić information content (AvgIpc) is 2.38. The third-order valence-corrected chi connectivity index (χ3v) is 3.83. The average molecular weight is 295 g/mol. The first-order valence-corrected chi connectivity index (χ1v) is 7.30. The minimum atomic E-state index is -0.435. The SMILES string of the molecule is Nc1ccc(F)cc1NC(=O)CN(CCCO)C1CCC1. The van der Waals surface area contributed by atoms with Gasteiger partial charge in [-0.3, -0.25) is 9.69 Å². The van der Waals surface area contributed by atoms with Crippen LogP contribution in [0.2, 0.25) is 0 Å². The molecule has 1 fully saturated rings. The molecule has 5 nitrogen and oxygen atoms in total. The number of carbonyl (C=O) groups is 1. The summed E-state index contributed by atoms with van der Waals surface area (Å²) in [5, 5.41) is 11.6.